The van der Waals surface area contributed by atoms with Gasteiger partial charge in [0.2, 0.25) is 0 Å². The predicted molar refractivity (Wildman–Crippen MR) is 83.7 cm³/mol. The molecule has 3 rings (SSSR count). The molecule has 8 heteroatoms. The number of aryl methyl sites for hydroxylation is 2. The maximum absolute atomic E-state index is 12.5. The van der Waals surface area contributed by atoms with E-state index in [1.54, 1.807) is 28.4 Å². The van der Waals surface area contributed by atoms with Crippen LogP contribution in [-0.4, -0.2) is 61.6 Å². The molecule has 22 heavy (non-hydrogen) atoms. The topological polar surface area (TPSA) is 67.2 Å². The average molecular weight is 320 g/mol. The lowest BCUT2D eigenvalue weighted by atomic mass is 10.3. The van der Waals surface area contributed by atoms with Gasteiger partial charge in [-0.05, 0) is 13.3 Å². The minimum Gasteiger partial charge on any atom is -0.336 e. The monoisotopic (exact) mass is 320 g/mol. The molecule has 118 valence electrons. The van der Waals surface area contributed by atoms with Crippen LogP contribution in [0, 0.1) is 6.92 Å². The molecule has 0 spiro atoms. The maximum Gasteiger partial charge on any atom is 0.272 e. The summed E-state index contributed by atoms with van der Waals surface area (Å²) < 4.78 is 1.77. The Morgan fingerprint density at radius 3 is 2.82 bits per heavy atom. The quantitative estimate of drug-likeness (QED) is 0.841. The van der Waals surface area contributed by atoms with Crippen LogP contribution >= 0.6 is 11.3 Å². The average Bonchev–Trinajstić information content (AvgIpc) is 3.02. The molecule has 0 saturated carbocycles. The van der Waals surface area contributed by atoms with Gasteiger partial charge in [-0.3, -0.25) is 9.69 Å². The van der Waals surface area contributed by atoms with E-state index in [4.69, 9.17) is 0 Å². The van der Waals surface area contributed by atoms with Gasteiger partial charge in [-0.15, -0.1) is 21.5 Å². The number of rotatable bonds is 3. The Bertz CT molecular complexity index is 651. The first-order chi connectivity index (χ1) is 10.6. The number of aromatic nitrogens is 4. The predicted octanol–water partition coefficient (Wildman–Crippen LogP) is 0.928. The van der Waals surface area contributed by atoms with Crippen LogP contribution in [0.15, 0.2) is 12.5 Å². The van der Waals surface area contributed by atoms with Crippen LogP contribution in [0.5, 0.6) is 0 Å². The Labute approximate surface area is 133 Å². The highest BCUT2D eigenvalue weighted by Crippen LogP contribution is 2.14. The summed E-state index contributed by atoms with van der Waals surface area (Å²) in [5, 5.41) is 10.3. The summed E-state index contributed by atoms with van der Waals surface area (Å²) in [6, 6.07) is 0. The van der Waals surface area contributed by atoms with E-state index in [1.807, 2.05) is 18.9 Å². The van der Waals surface area contributed by atoms with E-state index in [2.05, 4.69) is 20.1 Å². The highest BCUT2D eigenvalue weighted by atomic mass is 32.1. The summed E-state index contributed by atoms with van der Waals surface area (Å²) in [4.78, 5) is 20.8. The van der Waals surface area contributed by atoms with Gasteiger partial charge in [-0.2, -0.15) is 0 Å². The maximum atomic E-state index is 12.5. The molecule has 1 aliphatic rings. The molecular formula is C14H20N6OS. The second-order valence-electron chi connectivity index (χ2n) is 5.53. The van der Waals surface area contributed by atoms with Gasteiger partial charge in [-0.1, -0.05) is 0 Å². The van der Waals surface area contributed by atoms with E-state index < -0.39 is 0 Å². The largest absolute Gasteiger partial charge is 0.336 e. The van der Waals surface area contributed by atoms with Crippen molar-refractivity contribution in [2.75, 3.05) is 26.2 Å². The third-order valence-electron chi connectivity index (χ3n) is 3.84. The van der Waals surface area contributed by atoms with Crippen molar-refractivity contribution in [3.63, 3.8) is 0 Å². The number of carbonyl (C=O) groups excluding carboxylic acids is 1. The lowest BCUT2D eigenvalue weighted by Crippen LogP contribution is -2.35. The second kappa shape index (κ2) is 6.53. The first kappa shape index (κ1) is 15.1. The van der Waals surface area contributed by atoms with Crippen LogP contribution in [0.3, 0.4) is 0 Å². The van der Waals surface area contributed by atoms with Crippen molar-refractivity contribution in [2.24, 2.45) is 7.05 Å². The van der Waals surface area contributed by atoms with E-state index in [1.165, 1.54) is 0 Å². The number of amides is 1. The fourth-order valence-electron chi connectivity index (χ4n) is 2.65. The molecule has 0 atom stereocenters. The Balaban J connectivity index is 1.60. The molecule has 1 fully saturated rings. The highest BCUT2D eigenvalue weighted by molar-refractivity contribution is 7.11. The van der Waals surface area contributed by atoms with Crippen molar-refractivity contribution >= 4 is 17.2 Å². The number of nitrogens with zero attached hydrogens (tertiary/aromatic N) is 6. The van der Waals surface area contributed by atoms with Crippen LogP contribution in [0.4, 0.5) is 0 Å². The zero-order valence-corrected chi connectivity index (χ0v) is 13.7. The minimum absolute atomic E-state index is 0.0635. The first-order valence-corrected chi connectivity index (χ1v) is 8.22. The normalized spacial score (nSPS) is 16.7. The summed E-state index contributed by atoms with van der Waals surface area (Å²) in [5.41, 5.74) is 0.646. The number of imidazole rings is 1. The molecule has 0 aliphatic carbocycles. The summed E-state index contributed by atoms with van der Waals surface area (Å²) in [7, 11) is 1.85. The van der Waals surface area contributed by atoms with E-state index in [0.29, 0.717) is 5.69 Å². The van der Waals surface area contributed by atoms with Crippen molar-refractivity contribution in [2.45, 2.75) is 19.9 Å². The summed E-state index contributed by atoms with van der Waals surface area (Å²) in [6.07, 6.45) is 4.27. The second-order valence-corrected chi connectivity index (χ2v) is 6.79. The van der Waals surface area contributed by atoms with Gasteiger partial charge in [0.05, 0.1) is 19.1 Å². The SMILES string of the molecule is Cc1nnc(CN2CCCN(C(=O)c3cncn3C)CC2)s1. The Morgan fingerprint density at radius 2 is 2.14 bits per heavy atom. The third kappa shape index (κ3) is 3.33. The van der Waals surface area contributed by atoms with E-state index in [9.17, 15) is 4.79 Å². The van der Waals surface area contributed by atoms with Gasteiger partial charge in [0.1, 0.15) is 15.7 Å². The van der Waals surface area contributed by atoms with Crippen molar-refractivity contribution in [1.29, 1.82) is 0 Å². The molecule has 1 amide bonds. The molecule has 2 aromatic rings. The molecular weight excluding hydrogens is 300 g/mol. The lowest BCUT2D eigenvalue weighted by molar-refractivity contribution is 0.0751. The molecule has 1 aliphatic heterocycles. The van der Waals surface area contributed by atoms with Gasteiger partial charge in [0.25, 0.3) is 5.91 Å². The zero-order valence-electron chi connectivity index (χ0n) is 12.9. The molecule has 0 N–H and O–H groups in total. The standard InChI is InChI=1S/C14H20N6OS/c1-11-16-17-13(22-11)9-19-4-3-5-20(7-6-19)14(21)12-8-15-10-18(12)2/h8,10H,3-7,9H2,1-2H3. The molecule has 2 aromatic heterocycles. The van der Waals surface area contributed by atoms with Crippen molar-refractivity contribution < 1.29 is 4.79 Å². The smallest absolute Gasteiger partial charge is 0.272 e. The Kier molecular flexibility index (Phi) is 4.49. The van der Waals surface area contributed by atoms with Gasteiger partial charge < -0.3 is 9.47 Å². The van der Waals surface area contributed by atoms with Crippen LogP contribution in [0.1, 0.15) is 26.9 Å². The minimum atomic E-state index is 0.0635. The van der Waals surface area contributed by atoms with Gasteiger partial charge in [0.15, 0.2) is 0 Å². The Morgan fingerprint density at radius 1 is 1.27 bits per heavy atom. The van der Waals surface area contributed by atoms with Crippen LogP contribution in [-0.2, 0) is 13.6 Å². The lowest BCUT2D eigenvalue weighted by Gasteiger charge is -2.21. The molecule has 1 saturated heterocycles. The number of hydrogen-bond donors (Lipinski definition) is 0. The van der Waals surface area contributed by atoms with Gasteiger partial charge >= 0.3 is 0 Å². The van der Waals surface area contributed by atoms with Crippen molar-refractivity contribution in [3.8, 4) is 0 Å². The van der Waals surface area contributed by atoms with Crippen LogP contribution in [0.2, 0.25) is 0 Å². The zero-order chi connectivity index (χ0) is 15.5. The molecule has 7 nitrogen and oxygen atoms in total. The van der Waals surface area contributed by atoms with Crippen molar-refractivity contribution in [3.05, 3.63) is 28.2 Å². The van der Waals surface area contributed by atoms with Crippen LogP contribution < -0.4 is 0 Å². The fourth-order valence-corrected chi connectivity index (χ4v) is 3.40. The van der Waals surface area contributed by atoms with E-state index >= 15 is 0 Å². The summed E-state index contributed by atoms with van der Waals surface area (Å²) in [5.74, 6) is 0.0635. The number of hydrogen-bond acceptors (Lipinski definition) is 6. The Hall–Kier alpha value is -1.80. The molecule has 0 radical (unpaired) electrons. The van der Waals surface area contributed by atoms with E-state index in [0.717, 1.165) is 49.2 Å². The van der Waals surface area contributed by atoms with Gasteiger partial charge in [0, 0.05) is 33.2 Å². The fraction of sp³-hybridized carbons (Fsp3) is 0.571. The molecule has 0 bridgehead atoms. The van der Waals surface area contributed by atoms with Gasteiger partial charge in [-0.25, -0.2) is 4.98 Å². The number of carbonyl (C=O) groups is 1. The molecule has 3 heterocycles. The molecule has 0 aromatic carbocycles. The summed E-state index contributed by atoms with van der Waals surface area (Å²) >= 11 is 1.64. The molecule has 0 unspecified atom stereocenters. The third-order valence-corrected chi connectivity index (χ3v) is 4.66. The summed E-state index contributed by atoms with van der Waals surface area (Å²) in [6.45, 7) is 6.16. The first-order valence-electron chi connectivity index (χ1n) is 7.40. The van der Waals surface area contributed by atoms with Crippen LogP contribution in [0.25, 0.3) is 0 Å². The highest BCUT2D eigenvalue weighted by Gasteiger charge is 2.22. The van der Waals surface area contributed by atoms with Crippen molar-refractivity contribution in [1.82, 2.24) is 29.5 Å². The van der Waals surface area contributed by atoms with E-state index in [-0.39, 0.29) is 5.91 Å².